The first kappa shape index (κ1) is 21.1. The Hall–Kier alpha value is -4.41. The van der Waals surface area contributed by atoms with Gasteiger partial charge in [0.25, 0.3) is 17.7 Å². The number of pyridine rings is 1. The third-order valence-corrected chi connectivity index (χ3v) is 6.53. The molecule has 11 heteroatoms. The van der Waals surface area contributed by atoms with E-state index < -0.39 is 17.5 Å². The molecule has 178 valence electrons. The summed E-state index contributed by atoms with van der Waals surface area (Å²) >= 11 is 0. The van der Waals surface area contributed by atoms with E-state index in [9.17, 15) is 19.2 Å². The number of furan rings is 1. The Bertz CT molecular complexity index is 1430. The van der Waals surface area contributed by atoms with Gasteiger partial charge < -0.3 is 24.7 Å². The highest BCUT2D eigenvalue weighted by atomic mass is 16.5. The minimum absolute atomic E-state index is 0.115. The fourth-order valence-corrected chi connectivity index (χ4v) is 4.48. The van der Waals surface area contributed by atoms with Crippen LogP contribution in [0.15, 0.2) is 40.9 Å². The summed E-state index contributed by atoms with van der Waals surface area (Å²) in [6.45, 7) is 0.0995. The second-order valence-electron chi connectivity index (χ2n) is 8.96. The molecule has 1 atom stereocenters. The number of rotatable bonds is 6. The summed E-state index contributed by atoms with van der Waals surface area (Å²) < 4.78 is 11.2. The zero-order valence-corrected chi connectivity index (χ0v) is 18.7. The van der Waals surface area contributed by atoms with Gasteiger partial charge in [0, 0.05) is 30.4 Å². The number of fused-ring (bicyclic) bond motifs is 2. The summed E-state index contributed by atoms with van der Waals surface area (Å²) in [6, 6.07) is 7.79. The lowest BCUT2D eigenvalue weighted by molar-refractivity contribution is -0.125. The number of hydrogen-bond acceptors (Lipinski definition) is 7. The van der Waals surface area contributed by atoms with Crippen LogP contribution in [-0.4, -0.2) is 53.3 Å². The molecular weight excluding hydrogens is 454 g/mol. The lowest BCUT2D eigenvalue weighted by atomic mass is 9.95. The molecule has 5 amide bonds. The lowest BCUT2D eigenvalue weighted by Gasteiger charge is -2.28. The van der Waals surface area contributed by atoms with Gasteiger partial charge in [-0.3, -0.25) is 24.7 Å². The van der Waals surface area contributed by atoms with E-state index in [1.165, 1.54) is 18.2 Å². The first-order chi connectivity index (χ1) is 16.9. The van der Waals surface area contributed by atoms with Gasteiger partial charge in [-0.05, 0) is 36.6 Å². The Kier molecular flexibility index (Phi) is 4.56. The fourth-order valence-electron chi connectivity index (χ4n) is 4.48. The van der Waals surface area contributed by atoms with Crippen LogP contribution < -0.4 is 20.7 Å². The molecule has 2 fully saturated rings. The van der Waals surface area contributed by atoms with E-state index in [1.54, 1.807) is 30.3 Å². The zero-order valence-electron chi connectivity index (χ0n) is 18.7. The smallest absolute Gasteiger partial charge is 0.322 e. The molecule has 0 bridgehead atoms. The number of aromatic nitrogens is 1. The van der Waals surface area contributed by atoms with E-state index >= 15 is 0 Å². The summed E-state index contributed by atoms with van der Waals surface area (Å²) in [4.78, 5) is 56.6. The summed E-state index contributed by atoms with van der Waals surface area (Å²) in [5, 5.41) is 7.78. The average molecular weight is 475 g/mol. The molecule has 0 radical (unpaired) electrons. The molecule has 1 saturated carbocycles. The van der Waals surface area contributed by atoms with Crippen LogP contribution in [0, 0.1) is 0 Å². The van der Waals surface area contributed by atoms with Crippen molar-refractivity contribution < 1.29 is 28.3 Å². The van der Waals surface area contributed by atoms with Crippen LogP contribution in [0.4, 0.5) is 4.79 Å². The van der Waals surface area contributed by atoms with Gasteiger partial charge in [0.1, 0.15) is 17.0 Å². The highest BCUT2D eigenvalue weighted by Crippen LogP contribution is 2.35. The molecule has 0 unspecified atom stereocenters. The number of imide groups is 1. The van der Waals surface area contributed by atoms with Crippen molar-refractivity contribution in [1.29, 1.82) is 0 Å². The van der Waals surface area contributed by atoms with Gasteiger partial charge in [-0.15, -0.1) is 0 Å². The van der Waals surface area contributed by atoms with Crippen LogP contribution in [-0.2, 0) is 16.9 Å². The Morgan fingerprint density at radius 1 is 1.26 bits per heavy atom. The number of ether oxygens (including phenoxy) is 1. The van der Waals surface area contributed by atoms with Crippen molar-refractivity contribution in [1.82, 2.24) is 25.8 Å². The topological polar surface area (TPSA) is 143 Å². The number of carbonyl (C=O) groups is 4. The summed E-state index contributed by atoms with van der Waals surface area (Å²) in [7, 11) is 1.52. The standard InChI is InChI=1S/C24H21N5O6/c1-34-15-5-2-12-10-29(21(31)16(12)7-15)11-24(22(32)27-23(33)28-24)19-8-17-18(35-19)6-13(9-25-17)20(30)26-14-3-4-14/h2,5-9,14H,3-4,10-11H2,1H3,(H,26,30)(H2,27,28,32,33)/t24-/m0/s1. The van der Waals surface area contributed by atoms with Gasteiger partial charge in [0.2, 0.25) is 0 Å². The summed E-state index contributed by atoms with van der Waals surface area (Å²) in [6.07, 6.45) is 3.35. The molecule has 1 saturated heterocycles. The van der Waals surface area contributed by atoms with Gasteiger partial charge >= 0.3 is 6.03 Å². The van der Waals surface area contributed by atoms with Gasteiger partial charge in [0.05, 0.1) is 19.2 Å². The van der Waals surface area contributed by atoms with Crippen LogP contribution >= 0.6 is 0 Å². The predicted octanol–water partition coefficient (Wildman–Crippen LogP) is 1.42. The zero-order chi connectivity index (χ0) is 24.3. The van der Waals surface area contributed by atoms with E-state index in [4.69, 9.17) is 9.15 Å². The minimum Gasteiger partial charge on any atom is -0.497 e. The average Bonchev–Trinajstić information content (AvgIpc) is 3.35. The Balaban J connectivity index is 1.34. The van der Waals surface area contributed by atoms with Gasteiger partial charge in [-0.2, -0.15) is 0 Å². The third kappa shape index (κ3) is 3.47. The lowest BCUT2D eigenvalue weighted by Crippen LogP contribution is -2.52. The number of nitrogens with one attached hydrogen (secondary N) is 3. The predicted molar refractivity (Wildman–Crippen MR) is 121 cm³/mol. The third-order valence-electron chi connectivity index (χ3n) is 6.53. The van der Waals surface area contributed by atoms with Gasteiger partial charge in [-0.1, -0.05) is 6.07 Å². The van der Waals surface area contributed by atoms with Gasteiger partial charge in [-0.25, -0.2) is 4.79 Å². The molecule has 35 heavy (non-hydrogen) atoms. The second-order valence-corrected chi connectivity index (χ2v) is 8.96. The van der Waals surface area contributed by atoms with E-state index in [0.29, 0.717) is 22.4 Å². The number of nitrogens with zero attached hydrogens (tertiary/aromatic N) is 2. The summed E-state index contributed by atoms with van der Waals surface area (Å²) in [5.74, 6) is -0.526. The highest BCUT2D eigenvalue weighted by molar-refractivity contribution is 6.08. The van der Waals surface area contributed by atoms with Crippen molar-refractivity contribution in [2.75, 3.05) is 13.7 Å². The van der Waals surface area contributed by atoms with E-state index in [2.05, 4.69) is 20.9 Å². The molecule has 6 rings (SSSR count). The first-order valence-electron chi connectivity index (χ1n) is 11.2. The number of amides is 5. The number of methoxy groups -OCH3 is 1. The van der Waals surface area contributed by atoms with Crippen molar-refractivity contribution in [3.8, 4) is 5.75 Å². The molecule has 0 spiro atoms. The molecule has 4 heterocycles. The van der Waals surface area contributed by atoms with E-state index in [1.807, 2.05) is 0 Å². The van der Waals surface area contributed by atoms with E-state index in [-0.39, 0.29) is 42.3 Å². The van der Waals surface area contributed by atoms with E-state index in [0.717, 1.165) is 18.4 Å². The molecule has 11 nitrogen and oxygen atoms in total. The molecule has 1 aliphatic carbocycles. The largest absolute Gasteiger partial charge is 0.497 e. The summed E-state index contributed by atoms with van der Waals surface area (Å²) in [5.41, 5.74) is 0.638. The normalized spacial score (nSPS) is 21.2. The van der Waals surface area contributed by atoms with Crippen molar-refractivity contribution in [2.24, 2.45) is 0 Å². The maximum Gasteiger partial charge on any atom is 0.322 e. The molecule has 1 aromatic carbocycles. The molecule has 2 aliphatic heterocycles. The first-order valence-corrected chi connectivity index (χ1v) is 11.2. The molecule has 3 N–H and O–H groups in total. The van der Waals surface area contributed by atoms with Crippen molar-refractivity contribution in [3.63, 3.8) is 0 Å². The monoisotopic (exact) mass is 475 g/mol. The van der Waals surface area contributed by atoms with Gasteiger partial charge in [0.15, 0.2) is 11.1 Å². The van der Waals surface area contributed by atoms with Crippen LogP contribution in [0.5, 0.6) is 5.75 Å². The maximum atomic E-state index is 13.1. The van der Waals surface area contributed by atoms with Crippen LogP contribution in [0.3, 0.4) is 0 Å². The highest BCUT2D eigenvalue weighted by Gasteiger charge is 2.53. The minimum atomic E-state index is -1.66. The van der Waals surface area contributed by atoms with Crippen LogP contribution in [0.25, 0.3) is 11.1 Å². The quantitative estimate of drug-likeness (QED) is 0.458. The number of hydrogen-bond donors (Lipinski definition) is 3. The van der Waals surface area contributed by atoms with Crippen molar-refractivity contribution in [3.05, 3.63) is 59.0 Å². The van der Waals surface area contributed by atoms with Crippen LogP contribution in [0.1, 0.15) is 44.9 Å². The number of urea groups is 1. The molecular formula is C24H21N5O6. The molecule has 3 aromatic rings. The number of carbonyl (C=O) groups excluding carboxylic acids is 4. The Morgan fingerprint density at radius 3 is 2.80 bits per heavy atom. The number of benzene rings is 1. The second kappa shape index (κ2) is 7.55. The van der Waals surface area contributed by atoms with Crippen LogP contribution in [0.2, 0.25) is 0 Å². The van der Waals surface area contributed by atoms with Crippen molar-refractivity contribution >= 4 is 34.9 Å². The maximum absolute atomic E-state index is 13.1. The Labute approximate surface area is 198 Å². The SMILES string of the molecule is COc1ccc2c(c1)C(=O)N(C[C@@]1(c3cc4ncc(C(=O)NC5CC5)cc4o3)NC(=O)NC1=O)C2. The molecule has 2 aromatic heterocycles. The molecule has 3 aliphatic rings. The fraction of sp³-hybridized carbons (Fsp3) is 0.292. The van der Waals surface area contributed by atoms with Crippen molar-refractivity contribution in [2.45, 2.75) is 31.0 Å². The Morgan fingerprint density at radius 2 is 2.09 bits per heavy atom.